The maximum absolute atomic E-state index is 15.8. The molecule has 180 valence electrons. The third kappa shape index (κ3) is 4.80. The normalized spacial score (nSPS) is 21.4. The predicted molar refractivity (Wildman–Crippen MR) is 119 cm³/mol. The van der Waals surface area contributed by atoms with E-state index in [-0.39, 0.29) is 17.7 Å². The number of carboxylic acid groups (broad SMARTS) is 1. The number of aromatic nitrogens is 2. The van der Waals surface area contributed by atoms with E-state index in [9.17, 15) is 19.2 Å². The molecule has 3 aromatic rings. The molecular weight excluding hydrogens is 461 g/mol. The van der Waals surface area contributed by atoms with Crippen LogP contribution in [0.15, 0.2) is 71.8 Å². The first kappa shape index (κ1) is 23.8. The molecule has 4 unspecified atom stereocenters. The summed E-state index contributed by atoms with van der Waals surface area (Å²) < 4.78 is 27.9. The molecule has 1 aliphatic heterocycles. The Labute approximate surface area is 197 Å². The maximum Gasteiger partial charge on any atom is 0.338 e. The van der Waals surface area contributed by atoms with Crippen LogP contribution in [0.25, 0.3) is 0 Å². The number of carboxylic acids is 1. The lowest BCUT2D eigenvalue weighted by atomic mass is 9.90. The van der Waals surface area contributed by atoms with Crippen molar-refractivity contribution in [3.05, 3.63) is 99.7 Å². The molecule has 0 spiro atoms. The van der Waals surface area contributed by atoms with E-state index in [2.05, 4.69) is 4.98 Å². The Balaban J connectivity index is 1.66. The van der Waals surface area contributed by atoms with Crippen molar-refractivity contribution in [3.63, 3.8) is 0 Å². The fraction of sp³-hybridized carbons (Fsp3) is 0.208. The number of hydrogen-bond donors (Lipinski definition) is 2. The molecule has 2 heterocycles. The number of carbonyl (C=O) groups excluding carboxylic acids is 2. The summed E-state index contributed by atoms with van der Waals surface area (Å²) in [6, 6.07) is 13.7. The van der Waals surface area contributed by atoms with E-state index in [1.54, 1.807) is 30.3 Å². The van der Waals surface area contributed by atoms with Crippen molar-refractivity contribution in [2.24, 2.45) is 5.73 Å². The summed E-state index contributed by atoms with van der Waals surface area (Å²) in [5, 5.41) is 9.15. The largest absolute Gasteiger partial charge is 0.478 e. The smallest absolute Gasteiger partial charge is 0.338 e. The van der Waals surface area contributed by atoms with Gasteiger partial charge in [-0.3, -0.25) is 14.2 Å². The Morgan fingerprint density at radius 2 is 1.77 bits per heavy atom. The summed E-state index contributed by atoms with van der Waals surface area (Å²) >= 11 is 0. The van der Waals surface area contributed by atoms with E-state index in [4.69, 9.17) is 20.3 Å². The number of amides is 1. The summed E-state index contributed by atoms with van der Waals surface area (Å²) in [7, 11) is 0. The van der Waals surface area contributed by atoms with Crippen molar-refractivity contribution in [3.8, 4) is 0 Å². The van der Waals surface area contributed by atoms with E-state index in [1.807, 2.05) is 0 Å². The van der Waals surface area contributed by atoms with E-state index in [0.29, 0.717) is 5.56 Å². The minimum Gasteiger partial charge on any atom is -0.478 e. The molecule has 11 heteroatoms. The van der Waals surface area contributed by atoms with Crippen LogP contribution in [0.4, 0.5) is 4.39 Å². The summed E-state index contributed by atoms with van der Waals surface area (Å²) in [5.41, 5.74) is 4.34. The number of carbonyl (C=O) groups is 3. The highest BCUT2D eigenvalue weighted by atomic mass is 19.1. The summed E-state index contributed by atoms with van der Waals surface area (Å²) in [6.45, 7) is -0.349. The van der Waals surface area contributed by atoms with E-state index < -0.39 is 53.5 Å². The Hall–Kier alpha value is -4.38. The lowest BCUT2D eigenvalue weighted by molar-refractivity contribution is -0.0463. The van der Waals surface area contributed by atoms with Crippen molar-refractivity contribution >= 4 is 17.8 Å². The van der Waals surface area contributed by atoms with Gasteiger partial charge in [-0.1, -0.05) is 30.3 Å². The lowest BCUT2D eigenvalue weighted by Crippen LogP contribution is -2.35. The van der Waals surface area contributed by atoms with E-state index in [0.717, 1.165) is 17.0 Å². The Bertz CT molecular complexity index is 1310. The van der Waals surface area contributed by atoms with Gasteiger partial charge in [-0.2, -0.15) is 0 Å². The van der Waals surface area contributed by atoms with Crippen LogP contribution in [-0.4, -0.2) is 51.4 Å². The topological polar surface area (TPSA) is 151 Å². The predicted octanol–water partition coefficient (Wildman–Crippen LogP) is 1.92. The number of aromatic carboxylic acids is 1. The molecule has 4 atom stereocenters. The molecule has 2 aromatic carbocycles. The van der Waals surface area contributed by atoms with Crippen LogP contribution in [0.3, 0.4) is 0 Å². The molecular formula is C24H20FN3O7. The number of esters is 1. The first-order chi connectivity index (χ1) is 16.8. The average molecular weight is 481 g/mol. The minimum absolute atomic E-state index is 0.00290. The number of rotatable bonds is 7. The van der Waals surface area contributed by atoms with Crippen molar-refractivity contribution < 1.29 is 33.4 Å². The molecule has 0 aliphatic carbocycles. The number of hydrogen-bond acceptors (Lipinski definition) is 7. The molecule has 0 bridgehead atoms. The average Bonchev–Trinajstić information content (AvgIpc) is 3.18. The number of primary amides is 1. The number of nitrogens with two attached hydrogens (primary N) is 1. The number of ether oxygens (including phenoxy) is 2. The lowest BCUT2D eigenvalue weighted by Gasteiger charge is -2.19. The highest BCUT2D eigenvalue weighted by Gasteiger charge is 2.48. The highest BCUT2D eigenvalue weighted by molar-refractivity contribution is 5.90. The zero-order valence-electron chi connectivity index (χ0n) is 18.1. The van der Waals surface area contributed by atoms with Gasteiger partial charge in [0.2, 0.25) is 0 Å². The van der Waals surface area contributed by atoms with Gasteiger partial charge < -0.3 is 20.3 Å². The van der Waals surface area contributed by atoms with Crippen LogP contribution in [0.2, 0.25) is 0 Å². The van der Waals surface area contributed by atoms with Gasteiger partial charge in [-0.15, -0.1) is 0 Å². The SMILES string of the molecule is NC(=O)c1nccn(C2OC(COC(=O)c3ccccc3)C(c3ccc(C(=O)O)cc3)C2F)c1=O. The van der Waals surface area contributed by atoms with Crippen LogP contribution in [-0.2, 0) is 9.47 Å². The van der Waals surface area contributed by atoms with Gasteiger partial charge >= 0.3 is 11.9 Å². The molecule has 0 radical (unpaired) electrons. The van der Waals surface area contributed by atoms with Gasteiger partial charge in [0, 0.05) is 18.3 Å². The molecule has 35 heavy (non-hydrogen) atoms. The Morgan fingerprint density at radius 3 is 2.40 bits per heavy atom. The Kier molecular flexibility index (Phi) is 6.69. The third-order valence-corrected chi connectivity index (χ3v) is 5.64. The number of nitrogens with zero attached hydrogens (tertiary/aromatic N) is 2. The molecule has 1 aliphatic rings. The zero-order chi connectivity index (χ0) is 25.1. The second-order valence-electron chi connectivity index (χ2n) is 7.78. The molecule has 10 nitrogen and oxygen atoms in total. The zero-order valence-corrected chi connectivity index (χ0v) is 18.1. The van der Waals surface area contributed by atoms with Crippen LogP contribution in [0, 0.1) is 0 Å². The molecule has 0 saturated carbocycles. The van der Waals surface area contributed by atoms with Gasteiger partial charge in [0.25, 0.3) is 11.5 Å². The quantitative estimate of drug-likeness (QED) is 0.486. The number of benzene rings is 2. The van der Waals surface area contributed by atoms with Gasteiger partial charge in [0.1, 0.15) is 12.7 Å². The van der Waals surface area contributed by atoms with Crippen molar-refractivity contribution in [2.45, 2.75) is 24.4 Å². The van der Waals surface area contributed by atoms with Crippen molar-refractivity contribution in [1.29, 1.82) is 0 Å². The first-order valence-corrected chi connectivity index (χ1v) is 10.5. The maximum atomic E-state index is 15.8. The second-order valence-corrected chi connectivity index (χ2v) is 7.78. The van der Waals surface area contributed by atoms with Crippen LogP contribution < -0.4 is 11.3 Å². The molecule has 4 rings (SSSR count). The molecule has 1 fully saturated rings. The number of alkyl halides is 1. The van der Waals surface area contributed by atoms with Gasteiger partial charge in [0.15, 0.2) is 18.1 Å². The molecule has 1 aromatic heterocycles. The standard InChI is InChI=1S/C24H20FN3O7/c25-18-17(13-6-8-14(9-7-13)23(31)32)16(12-34-24(33)15-4-2-1-3-5-15)35-22(18)28-11-10-27-19(20(26)29)21(28)30/h1-11,16-18,22H,12H2,(H2,26,29)(H,31,32). The number of halogens is 1. The summed E-state index contributed by atoms with van der Waals surface area (Å²) in [5.74, 6) is -3.90. The monoisotopic (exact) mass is 481 g/mol. The minimum atomic E-state index is -1.83. The van der Waals surface area contributed by atoms with Gasteiger partial charge in [0.05, 0.1) is 11.1 Å². The van der Waals surface area contributed by atoms with E-state index in [1.165, 1.54) is 24.3 Å². The van der Waals surface area contributed by atoms with Crippen LogP contribution in [0.5, 0.6) is 0 Å². The van der Waals surface area contributed by atoms with Crippen LogP contribution in [0.1, 0.15) is 48.9 Å². The fourth-order valence-corrected chi connectivity index (χ4v) is 3.94. The highest BCUT2D eigenvalue weighted by Crippen LogP contribution is 2.42. The second kappa shape index (κ2) is 9.85. The summed E-state index contributed by atoms with van der Waals surface area (Å²) in [6.07, 6.45) is -2.05. The van der Waals surface area contributed by atoms with Gasteiger partial charge in [-0.05, 0) is 29.8 Å². The van der Waals surface area contributed by atoms with Gasteiger partial charge in [-0.25, -0.2) is 19.0 Å². The third-order valence-electron chi connectivity index (χ3n) is 5.64. The van der Waals surface area contributed by atoms with Crippen molar-refractivity contribution in [1.82, 2.24) is 9.55 Å². The van der Waals surface area contributed by atoms with Crippen molar-refractivity contribution in [2.75, 3.05) is 6.61 Å². The summed E-state index contributed by atoms with van der Waals surface area (Å²) in [4.78, 5) is 51.4. The molecule has 1 saturated heterocycles. The fourth-order valence-electron chi connectivity index (χ4n) is 3.94. The van der Waals surface area contributed by atoms with E-state index >= 15 is 4.39 Å². The first-order valence-electron chi connectivity index (χ1n) is 10.5. The van der Waals surface area contributed by atoms with Crippen LogP contribution >= 0.6 is 0 Å². The molecule has 1 amide bonds. The molecule has 3 N–H and O–H groups in total. The Morgan fingerprint density at radius 1 is 1.09 bits per heavy atom.